The summed E-state index contributed by atoms with van der Waals surface area (Å²) in [6.07, 6.45) is 1.17. The number of aryl methyl sites for hydroxylation is 1. The Morgan fingerprint density at radius 2 is 1.70 bits per heavy atom. The van der Waals surface area contributed by atoms with Gasteiger partial charge < -0.3 is 45.9 Å². The molecule has 63 heavy (non-hydrogen) atoms. The van der Waals surface area contributed by atoms with Crippen molar-refractivity contribution in [1.29, 1.82) is 0 Å². The number of hydrogen-bond acceptors (Lipinski definition) is 12. The summed E-state index contributed by atoms with van der Waals surface area (Å²) in [5.74, 6) is -0.0361. The van der Waals surface area contributed by atoms with E-state index in [0.29, 0.717) is 57.6 Å². The topological polar surface area (TPSA) is 226 Å². The van der Waals surface area contributed by atoms with Gasteiger partial charge in [-0.05, 0) is 103 Å². The van der Waals surface area contributed by atoms with Crippen LogP contribution in [-0.2, 0) is 16.3 Å². The Kier molecular flexibility index (Phi) is 13.1. The molecule has 0 bridgehead atoms. The molecule has 7 rings (SSSR count). The zero-order chi connectivity index (χ0) is 44.8. The third kappa shape index (κ3) is 9.78. The zero-order valence-corrected chi connectivity index (χ0v) is 35.5. The number of H-pyrrole nitrogens is 1. The van der Waals surface area contributed by atoms with E-state index < -0.39 is 27.8 Å². The molecule has 7 N–H and O–H groups in total. The number of methoxy groups -OCH3 is 1. The molecule has 5 aromatic carbocycles. The van der Waals surface area contributed by atoms with E-state index in [1.165, 1.54) is 60.7 Å². The maximum atomic E-state index is 14.2. The Bertz CT molecular complexity index is 3010. The summed E-state index contributed by atoms with van der Waals surface area (Å²) in [6, 6.07) is 29.4. The molecule has 2 heterocycles. The van der Waals surface area contributed by atoms with Crippen LogP contribution < -0.4 is 31.4 Å². The van der Waals surface area contributed by atoms with Crippen LogP contribution in [0.1, 0.15) is 43.5 Å². The molecule has 1 atom stereocenters. The van der Waals surface area contributed by atoms with Gasteiger partial charge in [0, 0.05) is 53.9 Å². The fourth-order valence-corrected chi connectivity index (χ4v) is 8.62. The zero-order valence-electron chi connectivity index (χ0n) is 34.7. The SMILES string of the molecule is COc1cccc(Nc2c(C(N)=O)cnc3c(C)cc(S(=O)(=O)c4cccc(C(=O)N(C)CCOc5ccc(CCNCC(O)c6ccc(O)c7[nH]c(=O)ccc67)cc5)c4)cc23)c1. The molecule has 16 heteroatoms. The minimum atomic E-state index is -4.18. The molecule has 7 aromatic rings. The number of hydrogen-bond donors (Lipinski definition) is 6. The van der Waals surface area contributed by atoms with Gasteiger partial charge in [-0.15, -0.1) is 0 Å². The standard InChI is InChI=1S/C47H46N6O9S/c1-28-22-35(25-38-43(28)50-26-39(46(48)57)44(38)51-31-7-5-8-33(24-31)61-3)63(59,60)34-9-4-6-30(23-34)47(58)53(2)20-21-62-32-12-10-29(11-13-32)18-19-49-27-41(55)36-14-16-40(54)45-37(36)15-17-42(56)52-45/h4-17,22-26,41,49,54-55H,18-21,27H2,1-3H3,(H2,48,57)(H,50,51)(H,52,56). The number of likely N-dealkylation sites (N-methyl/N-ethyl adjacent to an activating group) is 1. The molecule has 0 saturated heterocycles. The summed E-state index contributed by atoms with van der Waals surface area (Å²) in [4.78, 5) is 46.1. The number of aromatic amines is 1. The van der Waals surface area contributed by atoms with E-state index in [-0.39, 0.29) is 63.1 Å². The van der Waals surface area contributed by atoms with Crippen molar-refractivity contribution in [3.63, 3.8) is 0 Å². The first kappa shape index (κ1) is 43.8. The number of carbonyl (C=O) groups is 2. The van der Waals surface area contributed by atoms with Gasteiger partial charge in [0.15, 0.2) is 0 Å². The number of nitrogens with one attached hydrogen (secondary N) is 3. The molecule has 324 valence electrons. The quantitative estimate of drug-likeness (QED) is 0.0598. The van der Waals surface area contributed by atoms with Crippen LogP contribution >= 0.6 is 0 Å². The van der Waals surface area contributed by atoms with Crippen molar-refractivity contribution < 1.29 is 37.7 Å². The number of phenolic OH excluding ortho intramolecular Hbond substituents is 1. The molecule has 0 saturated carbocycles. The number of rotatable bonds is 17. The average Bonchev–Trinajstić information content (AvgIpc) is 3.28. The lowest BCUT2D eigenvalue weighted by Crippen LogP contribution is -2.31. The molecular formula is C47H46N6O9S. The number of aliphatic hydroxyl groups excluding tert-OH is 1. The Morgan fingerprint density at radius 3 is 2.46 bits per heavy atom. The van der Waals surface area contributed by atoms with Gasteiger partial charge in [0.25, 0.3) is 11.8 Å². The number of pyridine rings is 2. The highest BCUT2D eigenvalue weighted by atomic mass is 32.2. The van der Waals surface area contributed by atoms with Crippen LogP contribution in [0.15, 0.2) is 130 Å². The fourth-order valence-electron chi connectivity index (χ4n) is 7.21. The van der Waals surface area contributed by atoms with Crippen LogP contribution in [0, 0.1) is 6.92 Å². The number of nitrogens with two attached hydrogens (primary N) is 1. The van der Waals surface area contributed by atoms with E-state index in [1.54, 1.807) is 56.4 Å². The Balaban J connectivity index is 0.955. The smallest absolute Gasteiger partial charge is 0.253 e. The third-order valence-corrected chi connectivity index (χ3v) is 12.3. The largest absolute Gasteiger partial charge is 0.506 e. The second-order valence-corrected chi connectivity index (χ2v) is 16.9. The van der Waals surface area contributed by atoms with Gasteiger partial charge in [-0.1, -0.05) is 30.3 Å². The van der Waals surface area contributed by atoms with E-state index in [9.17, 15) is 33.0 Å². The van der Waals surface area contributed by atoms with Gasteiger partial charge >= 0.3 is 0 Å². The van der Waals surface area contributed by atoms with E-state index in [4.69, 9.17) is 15.2 Å². The van der Waals surface area contributed by atoms with Crippen molar-refractivity contribution in [2.45, 2.75) is 29.2 Å². The lowest BCUT2D eigenvalue weighted by Gasteiger charge is -2.18. The number of aliphatic hydroxyl groups is 1. The number of amides is 2. The van der Waals surface area contributed by atoms with Gasteiger partial charge in [0.2, 0.25) is 15.4 Å². The number of carbonyl (C=O) groups excluding carboxylic acids is 2. The normalized spacial score (nSPS) is 11.9. The number of nitrogens with zero attached hydrogens (tertiary/aromatic N) is 2. The molecule has 2 amide bonds. The first-order valence-electron chi connectivity index (χ1n) is 19.9. The summed E-state index contributed by atoms with van der Waals surface area (Å²) in [6.45, 7) is 2.98. The summed E-state index contributed by atoms with van der Waals surface area (Å²) < 4.78 is 39.6. The monoisotopic (exact) mass is 870 g/mol. The highest BCUT2D eigenvalue weighted by molar-refractivity contribution is 7.91. The van der Waals surface area contributed by atoms with Crippen LogP contribution in [-0.4, -0.2) is 85.7 Å². The second-order valence-electron chi connectivity index (χ2n) is 14.9. The molecule has 1 unspecified atom stereocenters. The fraction of sp³-hybridized carbons (Fsp3) is 0.191. The number of phenols is 1. The van der Waals surface area contributed by atoms with Gasteiger partial charge in [-0.25, -0.2) is 8.42 Å². The van der Waals surface area contributed by atoms with Crippen molar-refractivity contribution >= 4 is 54.8 Å². The summed E-state index contributed by atoms with van der Waals surface area (Å²) in [7, 11) is -1.04. The maximum absolute atomic E-state index is 14.2. The number of ether oxygens (including phenoxy) is 2. The number of sulfone groups is 1. The summed E-state index contributed by atoms with van der Waals surface area (Å²) in [5.41, 5.74) is 9.42. The highest BCUT2D eigenvalue weighted by Crippen LogP contribution is 2.35. The highest BCUT2D eigenvalue weighted by Gasteiger charge is 2.24. The molecule has 15 nitrogen and oxygen atoms in total. The molecule has 0 aliphatic heterocycles. The number of aromatic nitrogens is 2. The Morgan fingerprint density at radius 1 is 0.921 bits per heavy atom. The van der Waals surface area contributed by atoms with Crippen LogP contribution in [0.3, 0.4) is 0 Å². The van der Waals surface area contributed by atoms with Crippen molar-refractivity contribution in [1.82, 2.24) is 20.2 Å². The molecule has 0 radical (unpaired) electrons. The van der Waals surface area contributed by atoms with Crippen LogP contribution in [0.4, 0.5) is 11.4 Å². The van der Waals surface area contributed by atoms with E-state index in [0.717, 1.165) is 5.56 Å². The number of aromatic hydroxyl groups is 1. The summed E-state index contributed by atoms with van der Waals surface area (Å²) in [5, 5.41) is 28.3. The second kappa shape index (κ2) is 18.8. The van der Waals surface area contributed by atoms with Crippen LogP contribution in [0.25, 0.3) is 21.8 Å². The van der Waals surface area contributed by atoms with Crippen LogP contribution in [0.5, 0.6) is 17.2 Å². The molecule has 0 fully saturated rings. The average molecular weight is 871 g/mol. The van der Waals surface area contributed by atoms with Crippen molar-refractivity contribution in [2.24, 2.45) is 5.73 Å². The first-order chi connectivity index (χ1) is 30.2. The van der Waals surface area contributed by atoms with Gasteiger partial charge in [0.1, 0.15) is 23.9 Å². The van der Waals surface area contributed by atoms with Crippen LogP contribution in [0.2, 0.25) is 0 Å². The minimum absolute atomic E-state index is 0.0584. The predicted molar refractivity (Wildman–Crippen MR) is 240 cm³/mol. The van der Waals surface area contributed by atoms with E-state index in [1.807, 2.05) is 24.3 Å². The van der Waals surface area contributed by atoms with Gasteiger partial charge in [0.05, 0.1) is 51.8 Å². The minimum Gasteiger partial charge on any atom is -0.506 e. The Hall–Kier alpha value is -7.27. The van der Waals surface area contributed by atoms with Crippen molar-refractivity contribution in [3.05, 3.63) is 154 Å². The molecule has 2 aromatic heterocycles. The molecule has 0 aliphatic carbocycles. The van der Waals surface area contributed by atoms with E-state index >= 15 is 0 Å². The molecule has 0 aliphatic rings. The van der Waals surface area contributed by atoms with Gasteiger partial charge in [-0.2, -0.15) is 0 Å². The number of primary amides is 1. The number of fused-ring (bicyclic) bond motifs is 2. The lowest BCUT2D eigenvalue weighted by molar-refractivity contribution is 0.0773. The van der Waals surface area contributed by atoms with Crippen molar-refractivity contribution in [2.75, 3.05) is 45.7 Å². The van der Waals surface area contributed by atoms with Crippen molar-refractivity contribution in [3.8, 4) is 17.2 Å². The number of benzene rings is 5. The van der Waals surface area contributed by atoms with Gasteiger partial charge in [-0.3, -0.25) is 19.4 Å². The Labute approximate surface area is 363 Å². The predicted octanol–water partition coefficient (Wildman–Crippen LogP) is 5.79. The molecule has 0 spiro atoms. The first-order valence-corrected chi connectivity index (χ1v) is 21.4. The maximum Gasteiger partial charge on any atom is 0.253 e. The molecular weight excluding hydrogens is 825 g/mol. The third-order valence-electron chi connectivity index (χ3n) is 10.6. The van der Waals surface area contributed by atoms with E-state index in [2.05, 4.69) is 20.6 Å². The lowest BCUT2D eigenvalue weighted by atomic mass is 10.0. The summed E-state index contributed by atoms with van der Waals surface area (Å²) >= 11 is 0. The number of anilines is 2.